The summed E-state index contributed by atoms with van der Waals surface area (Å²) in [5.41, 5.74) is 6.11. The van der Waals surface area contributed by atoms with Crippen molar-refractivity contribution in [1.29, 1.82) is 0 Å². The number of halogens is 1. The highest BCUT2D eigenvalue weighted by atomic mass is 79.9. The highest BCUT2D eigenvalue weighted by molar-refractivity contribution is 9.10. The van der Waals surface area contributed by atoms with Gasteiger partial charge in [-0.05, 0) is 49.2 Å². The lowest BCUT2D eigenvalue weighted by molar-refractivity contribution is 0.0966. The van der Waals surface area contributed by atoms with Crippen LogP contribution in [-0.4, -0.2) is 22.1 Å². The van der Waals surface area contributed by atoms with Gasteiger partial charge in [0, 0.05) is 12.5 Å². The molecule has 0 saturated carbocycles. The SMILES string of the molecule is CC(C)n1ncc(Br)c1C(=O)CCCCCN. The Bertz CT molecular complexity index is 374. The lowest BCUT2D eigenvalue weighted by Gasteiger charge is -2.10. The van der Waals surface area contributed by atoms with Crippen molar-refractivity contribution in [2.45, 2.75) is 45.6 Å². The van der Waals surface area contributed by atoms with Crippen molar-refractivity contribution in [2.24, 2.45) is 5.73 Å². The third-order valence-electron chi connectivity index (χ3n) is 2.61. The summed E-state index contributed by atoms with van der Waals surface area (Å²) in [4.78, 5) is 12.1. The van der Waals surface area contributed by atoms with E-state index in [2.05, 4.69) is 21.0 Å². The Morgan fingerprint density at radius 1 is 1.47 bits per heavy atom. The minimum atomic E-state index is 0.153. The third-order valence-corrected chi connectivity index (χ3v) is 3.19. The predicted octanol–water partition coefficient (Wildman–Crippen LogP) is 2.93. The molecule has 1 heterocycles. The molecule has 0 aromatic carbocycles. The first-order valence-electron chi connectivity index (χ1n) is 6.04. The van der Waals surface area contributed by atoms with Crippen molar-refractivity contribution in [3.63, 3.8) is 0 Å². The van der Waals surface area contributed by atoms with E-state index in [0.29, 0.717) is 18.7 Å². The smallest absolute Gasteiger partial charge is 0.182 e. The number of nitrogens with two attached hydrogens (primary N) is 1. The average Bonchev–Trinajstić information content (AvgIpc) is 2.66. The summed E-state index contributed by atoms with van der Waals surface area (Å²) in [7, 11) is 0. The summed E-state index contributed by atoms with van der Waals surface area (Å²) in [6, 6.07) is 0.198. The molecule has 0 bridgehead atoms. The Labute approximate surface area is 111 Å². The number of carbonyl (C=O) groups excluding carboxylic acids is 1. The molecule has 0 amide bonds. The number of carbonyl (C=O) groups is 1. The second kappa shape index (κ2) is 6.91. The van der Waals surface area contributed by atoms with E-state index in [9.17, 15) is 4.79 Å². The van der Waals surface area contributed by atoms with Crippen LogP contribution in [0.3, 0.4) is 0 Å². The van der Waals surface area contributed by atoms with E-state index in [1.165, 1.54) is 0 Å². The molecule has 0 aliphatic carbocycles. The lowest BCUT2D eigenvalue weighted by Crippen LogP contribution is -2.13. The maximum absolute atomic E-state index is 12.1. The molecule has 5 heteroatoms. The zero-order chi connectivity index (χ0) is 12.8. The normalized spacial score (nSPS) is 11.1. The molecule has 0 saturated heterocycles. The van der Waals surface area contributed by atoms with Crippen LogP contribution in [0.1, 0.15) is 56.1 Å². The third kappa shape index (κ3) is 3.92. The molecule has 4 nitrogen and oxygen atoms in total. The molecule has 2 N–H and O–H groups in total. The van der Waals surface area contributed by atoms with Crippen molar-refractivity contribution in [2.75, 3.05) is 6.54 Å². The van der Waals surface area contributed by atoms with Crippen molar-refractivity contribution in [3.05, 3.63) is 16.4 Å². The zero-order valence-electron chi connectivity index (χ0n) is 10.4. The molecule has 0 atom stereocenters. The molecule has 1 aromatic rings. The number of nitrogens with zero attached hydrogens (tertiary/aromatic N) is 2. The molecule has 0 radical (unpaired) electrons. The minimum Gasteiger partial charge on any atom is -0.330 e. The monoisotopic (exact) mass is 301 g/mol. The first-order valence-corrected chi connectivity index (χ1v) is 6.83. The second-order valence-electron chi connectivity index (χ2n) is 4.40. The van der Waals surface area contributed by atoms with Gasteiger partial charge in [-0.15, -0.1) is 0 Å². The highest BCUT2D eigenvalue weighted by Crippen LogP contribution is 2.21. The van der Waals surface area contributed by atoms with Crippen LogP contribution in [0.15, 0.2) is 10.7 Å². The fraction of sp³-hybridized carbons (Fsp3) is 0.667. The Morgan fingerprint density at radius 2 is 2.18 bits per heavy atom. The van der Waals surface area contributed by atoms with Gasteiger partial charge in [0.2, 0.25) is 0 Å². The number of ketones is 1. The molecule has 1 rings (SSSR count). The van der Waals surface area contributed by atoms with Gasteiger partial charge in [0.1, 0.15) is 5.69 Å². The Morgan fingerprint density at radius 3 is 2.76 bits per heavy atom. The standard InChI is InChI=1S/C12H20BrN3O/c1-9(2)16-12(10(13)8-15-16)11(17)6-4-3-5-7-14/h8-9H,3-7,14H2,1-2H3. The summed E-state index contributed by atoms with van der Waals surface area (Å²) < 4.78 is 2.56. The van der Waals surface area contributed by atoms with E-state index in [0.717, 1.165) is 23.7 Å². The van der Waals surface area contributed by atoms with Gasteiger partial charge in [-0.25, -0.2) is 0 Å². The molecule has 0 aliphatic heterocycles. The van der Waals surface area contributed by atoms with Crippen LogP contribution in [0.2, 0.25) is 0 Å². The maximum atomic E-state index is 12.1. The summed E-state index contributed by atoms with van der Waals surface area (Å²) >= 11 is 3.38. The molecule has 17 heavy (non-hydrogen) atoms. The van der Waals surface area contributed by atoms with E-state index < -0.39 is 0 Å². The quantitative estimate of drug-likeness (QED) is 0.622. The van der Waals surface area contributed by atoms with E-state index >= 15 is 0 Å². The van der Waals surface area contributed by atoms with Crippen LogP contribution < -0.4 is 5.73 Å². The molecular weight excluding hydrogens is 282 g/mol. The molecule has 1 aromatic heterocycles. The summed E-state index contributed by atoms with van der Waals surface area (Å²) in [5.74, 6) is 0.153. The van der Waals surface area contributed by atoms with Crippen LogP contribution in [0.4, 0.5) is 0 Å². The fourth-order valence-electron chi connectivity index (χ4n) is 1.72. The number of rotatable bonds is 7. The van der Waals surface area contributed by atoms with E-state index in [4.69, 9.17) is 5.73 Å². The number of hydrogen-bond acceptors (Lipinski definition) is 3. The molecule has 0 spiro atoms. The van der Waals surface area contributed by atoms with Gasteiger partial charge in [-0.3, -0.25) is 9.48 Å². The van der Waals surface area contributed by atoms with E-state index in [1.807, 2.05) is 13.8 Å². The van der Waals surface area contributed by atoms with Crippen LogP contribution >= 0.6 is 15.9 Å². The van der Waals surface area contributed by atoms with Gasteiger partial charge >= 0.3 is 0 Å². The van der Waals surface area contributed by atoms with E-state index in [-0.39, 0.29) is 11.8 Å². The lowest BCUT2D eigenvalue weighted by atomic mass is 10.1. The van der Waals surface area contributed by atoms with Crippen molar-refractivity contribution >= 4 is 21.7 Å². The second-order valence-corrected chi connectivity index (χ2v) is 5.26. The Hall–Kier alpha value is -0.680. The summed E-state index contributed by atoms with van der Waals surface area (Å²) in [6.07, 6.45) is 5.14. The molecule has 0 aliphatic rings. The summed E-state index contributed by atoms with van der Waals surface area (Å²) in [5, 5.41) is 4.21. The van der Waals surface area contributed by atoms with Crippen LogP contribution in [0, 0.1) is 0 Å². The topological polar surface area (TPSA) is 60.9 Å². The average molecular weight is 302 g/mol. The Balaban J connectivity index is 2.65. The van der Waals surface area contributed by atoms with Gasteiger partial charge in [0.25, 0.3) is 0 Å². The molecule has 0 unspecified atom stereocenters. The fourth-order valence-corrected chi connectivity index (χ4v) is 2.21. The van der Waals surface area contributed by atoms with Crippen LogP contribution in [0.5, 0.6) is 0 Å². The van der Waals surface area contributed by atoms with Gasteiger partial charge < -0.3 is 5.73 Å². The van der Waals surface area contributed by atoms with Crippen LogP contribution in [0.25, 0.3) is 0 Å². The number of unbranched alkanes of at least 4 members (excludes halogenated alkanes) is 2. The Kier molecular flexibility index (Phi) is 5.85. The van der Waals surface area contributed by atoms with Crippen molar-refractivity contribution in [1.82, 2.24) is 9.78 Å². The van der Waals surface area contributed by atoms with E-state index in [1.54, 1.807) is 10.9 Å². The summed E-state index contributed by atoms with van der Waals surface area (Å²) in [6.45, 7) is 4.73. The maximum Gasteiger partial charge on any atom is 0.182 e. The first kappa shape index (κ1) is 14.4. The van der Waals surface area contributed by atoms with Gasteiger partial charge in [-0.2, -0.15) is 5.10 Å². The highest BCUT2D eigenvalue weighted by Gasteiger charge is 2.18. The first-order chi connectivity index (χ1) is 8.07. The largest absolute Gasteiger partial charge is 0.330 e. The van der Waals surface area contributed by atoms with Crippen molar-refractivity contribution < 1.29 is 4.79 Å². The van der Waals surface area contributed by atoms with Crippen LogP contribution in [-0.2, 0) is 0 Å². The minimum absolute atomic E-state index is 0.153. The predicted molar refractivity (Wildman–Crippen MR) is 72.2 cm³/mol. The number of Topliss-reactive ketones (excluding diaryl/α,β-unsaturated/α-hetero) is 1. The van der Waals surface area contributed by atoms with Gasteiger partial charge in [0.05, 0.1) is 10.7 Å². The molecule has 96 valence electrons. The van der Waals surface area contributed by atoms with Gasteiger partial charge in [-0.1, -0.05) is 6.42 Å². The number of hydrogen-bond donors (Lipinski definition) is 1. The zero-order valence-corrected chi connectivity index (χ0v) is 12.0. The van der Waals surface area contributed by atoms with Gasteiger partial charge in [0.15, 0.2) is 5.78 Å². The van der Waals surface area contributed by atoms with Crippen molar-refractivity contribution in [3.8, 4) is 0 Å². The molecular formula is C12H20BrN3O. The number of aromatic nitrogens is 2. The molecule has 0 fully saturated rings.